The third-order valence-electron chi connectivity index (χ3n) is 4.19. The highest BCUT2D eigenvalue weighted by Gasteiger charge is 2.24. The van der Waals surface area contributed by atoms with E-state index in [1.807, 2.05) is 19.9 Å². The normalized spacial score (nSPS) is 11.6. The lowest BCUT2D eigenvalue weighted by Crippen LogP contribution is -2.14. The lowest BCUT2D eigenvalue weighted by atomic mass is 10.1. The van der Waals surface area contributed by atoms with Gasteiger partial charge in [-0.2, -0.15) is 18.2 Å². The molecule has 0 aliphatic carbocycles. The third kappa shape index (κ3) is 3.98. The van der Waals surface area contributed by atoms with Crippen LogP contribution in [0.5, 0.6) is 5.88 Å². The molecule has 5 nitrogen and oxygen atoms in total. The van der Waals surface area contributed by atoms with Crippen LogP contribution in [0, 0.1) is 27.7 Å². The van der Waals surface area contributed by atoms with Crippen LogP contribution in [0.25, 0.3) is 5.69 Å². The van der Waals surface area contributed by atoms with Crippen LogP contribution in [-0.4, -0.2) is 18.2 Å². The van der Waals surface area contributed by atoms with E-state index in [4.69, 9.17) is 27.4 Å². The van der Waals surface area contributed by atoms with Crippen molar-refractivity contribution in [1.29, 1.82) is 0 Å². The zero-order valence-corrected chi connectivity index (χ0v) is 17.6. The molecule has 0 unspecified atom stereocenters. The van der Waals surface area contributed by atoms with Crippen molar-refractivity contribution in [2.24, 2.45) is 0 Å². The zero-order valence-electron chi connectivity index (χ0n) is 15.2. The topological polar surface area (TPSA) is 61.2 Å². The number of halogens is 2. The van der Waals surface area contributed by atoms with Gasteiger partial charge in [-0.05, 0) is 68.7 Å². The molecule has 0 atom stereocenters. The van der Waals surface area contributed by atoms with Crippen LogP contribution >= 0.6 is 23.2 Å². The number of nitrogens with zero attached hydrogens (tertiary/aromatic N) is 2. The van der Waals surface area contributed by atoms with E-state index in [9.17, 15) is 8.42 Å². The number of rotatable bonds is 4. The number of hydrogen-bond donors (Lipinski definition) is 0. The predicted octanol–water partition coefficient (Wildman–Crippen LogP) is 5.18. The second kappa shape index (κ2) is 7.19. The molecule has 0 saturated heterocycles. The number of aromatic nitrogens is 2. The van der Waals surface area contributed by atoms with E-state index < -0.39 is 10.1 Å². The van der Waals surface area contributed by atoms with Crippen molar-refractivity contribution in [3.63, 3.8) is 0 Å². The molecule has 0 spiro atoms. The zero-order chi connectivity index (χ0) is 19.9. The van der Waals surface area contributed by atoms with Gasteiger partial charge in [0.05, 0.1) is 16.4 Å². The molecule has 0 fully saturated rings. The summed E-state index contributed by atoms with van der Waals surface area (Å²) >= 11 is 12.2. The van der Waals surface area contributed by atoms with Crippen LogP contribution in [0.3, 0.4) is 0 Å². The van der Waals surface area contributed by atoms with Crippen LogP contribution in [0.15, 0.2) is 41.3 Å². The maximum Gasteiger partial charge on any atom is 0.340 e. The molecule has 3 aromatic rings. The Bertz CT molecular complexity index is 1140. The lowest BCUT2D eigenvalue weighted by Gasteiger charge is -2.13. The molecule has 0 N–H and O–H groups in total. The highest BCUT2D eigenvalue weighted by atomic mass is 35.5. The monoisotopic (exact) mass is 424 g/mol. The first-order chi connectivity index (χ1) is 12.6. The van der Waals surface area contributed by atoms with Gasteiger partial charge in [-0.3, -0.25) is 0 Å². The Balaban J connectivity index is 2.08. The van der Waals surface area contributed by atoms with E-state index in [1.165, 1.54) is 4.68 Å². The lowest BCUT2D eigenvalue weighted by molar-refractivity contribution is 0.464. The summed E-state index contributed by atoms with van der Waals surface area (Å²) in [5, 5.41) is 5.10. The Hall–Kier alpha value is -2.02. The highest BCUT2D eigenvalue weighted by Crippen LogP contribution is 2.30. The first kappa shape index (κ1) is 19.7. The molecule has 3 rings (SSSR count). The van der Waals surface area contributed by atoms with Gasteiger partial charge < -0.3 is 4.18 Å². The first-order valence-corrected chi connectivity index (χ1v) is 10.3. The Labute approximate surface area is 168 Å². The molecule has 27 heavy (non-hydrogen) atoms. The van der Waals surface area contributed by atoms with Gasteiger partial charge in [0.2, 0.25) is 5.88 Å². The van der Waals surface area contributed by atoms with Crippen molar-refractivity contribution < 1.29 is 12.6 Å². The second-order valence-electron chi connectivity index (χ2n) is 6.37. The molecule has 0 aliphatic heterocycles. The Morgan fingerprint density at radius 2 is 1.59 bits per heavy atom. The van der Waals surface area contributed by atoms with E-state index >= 15 is 0 Å². The Morgan fingerprint density at radius 1 is 0.926 bits per heavy atom. The van der Waals surface area contributed by atoms with Crippen LogP contribution < -0.4 is 4.18 Å². The Kier molecular flexibility index (Phi) is 5.25. The van der Waals surface area contributed by atoms with Gasteiger partial charge in [0.15, 0.2) is 0 Å². The molecule has 1 heterocycles. The van der Waals surface area contributed by atoms with Crippen LogP contribution in [0.1, 0.15) is 22.4 Å². The number of hydrogen-bond acceptors (Lipinski definition) is 4. The molecule has 2 aromatic carbocycles. The van der Waals surface area contributed by atoms with E-state index in [0.717, 1.165) is 11.1 Å². The van der Waals surface area contributed by atoms with Gasteiger partial charge in [0.25, 0.3) is 0 Å². The minimum absolute atomic E-state index is 0.0503. The first-order valence-electron chi connectivity index (χ1n) is 8.13. The molecule has 142 valence electrons. The van der Waals surface area contributed by atoms with E-state index in [2.05, 4.69) is 5.10 Å². The second-order valence-corrected chi connectivity index (χ2v) is 8.73. The van der Waals surface area contributed by atoms with Crippen LogP contribution in [0.4, 0.5) is 0 Å². The summed E-state index contributed by atoms with van der Waals surface area (Å²) in [7, 11) is -4.05. The fourth-order valence-corrected chi connectivity index (χ4v) is 4.42. The predicted molar refractivity (Wildman–Crippen MR) is 107 cm³/mol. The van der Waals surface area contributed by atoms with Crippen molar-refractivity contribution in [3.05, 3.63) is 68.8 Å². The number of aryl methyl sites for hydroxylation is 4. The van der Waals surface area contributed by atoms with Crippen molar-refractivity contribution in [3.8, 4) is 11.6 Å². The fourth-order valence-electron chi connectivity index (χ4n) is 2.72. The quantitative estimate of drug-likeness (QED) is 0.541. The van der Waals surface area contributed by atoms with Crippen molar-refractivity contribution in [2.45, 2.75) is 32.6 Å². The maximum atomic E-state index is 12.9. The molecule has 1 aromatic heterocycles. The van der Waals surface area contributed by atoms with Crippen molar-refractivity contribution in [2.75, 3.05) is 0 Å². The summed E-state index contributed by atoms with van der Waals surface area (Å²) in [6, 6.07) is 9.83. The van der Waals surface area contributed by atoms with Crippen LogP contribution in [-0.2, 0) is 10.1 Å². The van der Waals surface area contributed by atoms with Gasteiger partial charge in [0, 0.05) is 11.1 Å². The SMILES string of the molecule is Cc1cc(OS(=O)(=O)c2cc(C)c(C)cc2C)n(-c2ccc(Cl)cc2Cl)n1. The van der Waals surface area contributed by atoms with E-state index in [1.54, 1.807) is 44.2 Å². The van der Waals surface area contributed by atoms with E-state index in [0.29, 0.717) is 27.0 Å². The summed E-state index contributed by atoms with van der Waals surface area (Å²) in [6.45, 7) is 7.26. The standard InChI is InChI=1S/C19H18Cl2N2O3S/c1-11-7-13(3)18(8-12(11)2)27(24,25)26-19-9-14(4)22-23(19)17-6-5-15(20)10-16(17)21/h5-10H,1-4H3. The summed E-state index contributed by atoms with van der Waals surface area (Å²) in [5.41, 5.74) is 3.55. The largest absolute Gasteiger partial charge is 0.358 e. The van der Waals surface area contributed by atoms with Crippen LogP contribution in [0.2, 0.25) is 10.0 Å². The average molecular weight is 425 g/mol. The summed E-state index contributed by atoms with van der Waals surface area (Å²) in [4.78, 5) is 0.123. The summed E-state index contributed by atoms with van der Waals surface area (Å²) < 4.78 is 32.6. The minimum atomic E-state index is -4.05. The van der Waals surface area contributed by atoms with Gasteiger partial charge >= 0.3 is 10.1 Å². The smallest absolute Gasteiger partial charge is 0.340 e. The van der Waals surface area contributed by atoms with E-state index in [-0.39, 0.29) is 10.8 Å². The molecule has 0 aliphatic rings. The maximum absolute atomic E-state index is 12.9. The molecule has 0 bridgehead atoms. The minimum Gasteiger partial charge on any atom is -0.358 e. The summed E-state index contributed by atoms with van der Waals surface area (Å²) in [5.74, 6) is 0.0503. The van der Waals surface area contributed by atoms with Gasteiger partial charge in [-0.25, -0.2) is 0 Å². The molecular weight excluding hydrogens is 407 g/mol. The molecule has 0 radical (unpaired) electrons. The summed E-state index contributed by atoms with van der Waals surface area (Å²) in [6.07, 6.45) is 0. The van der Waals surface area contributed by atoms with Crippen molar-refractivity contribution >= 4 is 33.3 Å². The van der Waals surface area contributed by atoms with Gasteiger partial charge in [0.1, 0.15) is 4.90 Å². The molecule has 8 heteroatoms. The highest BCUT2D eigenvalue weighted by molar-refractivity contribution is 7.87. The average Bonchev–Trinajstić information content (AvgIpc) is 2.90. The fraction of sp³-hybridized carbons (Fsp3) is 0.211. The van der Waals surface area contributed by atoms with Gasteiger partial charge in [-0.15, -0.1) is 0 Å². The molecular formula is C19H18Cl2N2O3S. The number of benzene rings is 2. The molecule has 0 amide bonds. The Morgan fingerprint density at radius 3 is 2.26 bits per heavy atom. The third-order valence-corrected chi connectivity index (χ3v) is 6.10. The van der Waals surface area contributed by atoms with Gasteiger partial charge in [-0.1, -0.05) is 29.3 Å². The molecule has 0 saturated carbocycles. The van der Waals surface area contributed by atoms with Crippen molar-refractivity contribution in [1.82, 2.24) is 9.78 Å².